The van der Waals surface area contributed by atoms with Crippen LogP contribution in [0.4, 0.5) is 4.79 Å². The molecule has 2 saturated heterocycles. The second-order valence-electron chi connectivity index (χ2n) is 7.38. The summed E-state index contributed by atoms with van der Waals surface area (Å²) in [4.78, 5) is 16.5. The quantitative estimate of drug-likeness (QED) is 0.744. The van der Waals surface area contributed by atoms with Crippen LogP contribution in [-0.2, 0) is 10.0 Å². The number of hydrogen-bond donors (Lipinski definition) is 0. The van der Waals surface area contributed by atoms with Gasteiger partial charge in [-0.3, -0.25) is 0 Å². The van der Waals surface area contributed by atoms with Crippen molar-refractivity contribution in [1.82, 2.24) is 14.1 Å². The van der Waals surface area contributed by atoms with Crippen molar-refractivity contribution in [2.24, 2.45) is 0 Å². The standard InChI is InChI=1S/C19H27N3O5S/c23-19(20-7-2-1-3-8-20)21-9-11-22(12-10-21)28(24,25)16-5-6-17-18(15-16)27-14-4-13-26-17/h5-6,15H,1-4,7-14H2. The summed E-state index contributed by atoms with van der Waals surface area (Å²) >= 11 is 0. The van der Waals surface area contributed by atoms with Gasteiger partial charge in [0, 0.05) is 51.8 Å². The molecule has 3 aliphatic rings. The van der Waals surface area contributed by atoms with E-state index in [2.05, 4.69) is 0 Å². The van der Waals surface area contributed by atoms with Crippen LogP contribution < -0.4 is 9.47 Å². The normalized spacial score (nSPS) is 21.3. The van der Waals surface area contributed by atoms with Crippen molar-refractivity contribution in [1.29, 1.82) is 0 Å². The molecule has 2 amide bonds. The molecule has 0 aliphatic carbocycles. The predicted molar refractivity (Wildman–Crippen MR) is 103 cm³/mol. The Kier molecular flexibility index (Phi) is 5.63. The second kappa shape index (κ2) is 8.16. The number of amides is 2. The maximum absolute atomic E-state index is 13.1. The summed E-state index contributed by atoms with van der Waals surface area (Å²) in [6.45, 7) is 4.11. The summed E-state index contributed by atoms with van der Waals surface area (Å²) in [7, 11) is -3.64. The van der Waals surface area contributed by atoms with Crippen LogP contribution in [0.1, 0.15) is 25.7 Å². The summed E-state index contributed by atoms with van der Waals surface area (Å²) in [5.74, 6) is 1.05. The minimum Gasteiger partial charge on any atom is -0.490 e. The molecule has 0 bridgehead atoms. The first kappa shape index (κ1) is 19.3. The SMILES string of the molecule is O=C(N1CCCCC1)N1CCN(S(=O)(=O)c2ccc3c(c2)OCCCO3)CC1. The highest BCUT2D eigenvalue weighted by molar-refractivity contribution is 7.89. The first-order valence-corrected chi connectivity index (χ1v) is 11.4. The molecule has 0 spiro atoms. The molecular formula is C19H27N3O5S. The van der Waals surface area contributed by atoms with E-state index in [-0.39, 0.29) is 10.9 Å². The summed E-state index contributed by atoms with van der Waals surface area (Å²) in [5, 5.41) is 0. The summed E-state index contributed by atoms with van der Waals surface area (Å²) in [5.41, 5.74) is 0. The molecule has 28 heavy (non-hydrogen) atoms. The van der Waals surface area contributed by atoms with Crippen LogP contribution in [0.5, 0.6) is 11.5 Å². The van der Waals surface area contributed by atoms with E-state index in [9.17, 15) is 13.2 Å². The molecule has 3 aliphatic heterocycles. The fraction of sp³-hybridized carbons (Fsp3) is 0.632. The Morgan fingerprint density at radius 3 is 2.14 bits per heavy atom. The Bertz CT molecular complexity index is 815. The van der Waals surface area contributed by atoms with Gasteiger partial charge in [-0.2, -0.15) is 4.31 Å². The molecule has 8 nitrogen and oxygen atoms in total. The van der Waals surface area contributed by atoms with Crippen molar-refractivity contribution < 1.29 is 22.7 Å². The van der Waals surface area contributed by atoms with Crippen LogP contribution in [-0.4, -0.2) is 81.0 Å². The maximum atomic E-state index is 13.1. The lowest BCUT2D eigenvalue weighted by Crippen LogP contribution is -2.54. The van der Waals surface area contributed by atoms with Crippen molar-refractivity contribution >= 4 is 16.1 Å². The number of sulfonamides is 1. The highest BCUT2D eigenvalue weighted by Crippen LogP contribution is 2.33. The van der Waals surface area contributed by atoms with Crippen LogP contribution in [0.3, 0.4) is 0 Å². The predicted octanol–water partition coefficient (Wildman–Crippen LogP) is 1.76. The van der Waals surface area contributed by atoms with Crippen LogP contribution in [0.15, 0.2) is 23.1 Å². The zero-order chi connectivity index (χ0) is 19.6. The van der Waals surface area contributed by atoms with Crippen LogP contribution in [0, 0.1) is 0 Å². The number of ether oxygens (including phenoxy) is 2. The number of rotatable bonds is 2. The molecule has 3 heterocycles. The third-order valence-electron chi connectivity index (χ3n) is 5.49. The lowest BCUT2D eigenvalue weighted by Gasteiger charge is -2.38. The fourth-order valence-corrected chi connectivity index (χ4v) is 5.30. The number of likely N-dealkylation sites (tertiary alicyclic amines) is 1. The van der Waals surface area contributed by atoms with E-state index in [0.29, 0.717) is 50.9 Å². The third-order valence-corrected chi connectivity index (χ3v) is 7.39. The van der Waals surface area contributed by atoms with Crippen molar-refractivity contribution in [2.45, 2.75) is 30.6 Å². The topological polar surface area (TPSA) is 79.4 Å². The average Bonchev–Trinajstić information content (AvgIpc) is 2.99. The lowest BCUT2D eigenvalue weighted by atomic mass is 10.1. The Morgan fingerprint density at radius 1 is 0.786 bits per heavy atom. The van der Waals surface area contributed by atoms with Gasteiger partial charge < -0.3 is 19.3 Å². The smallest absolute Gasteiger partial charge is 0.320 e. The number of carbonyl (C=O) groups excluding carboxylic acids is 1. The average molecular weight is 410 g/mol. The Morgan fingerprint density at radius 2 is 1.43 bits per heavy atom. The van der Waals surface area contributed by atoms with E-state index in [1.54, 1.807) is 23.1 Å². The van der Waals surface area contributed by atoms with Crippen LogP contribution in [0.2, 0.25) is 0 Å². The van der Waals surface area contributed by atoms with E-state index in [1.807, 2.05) is 4.90 Å². The first-order valence-electron chi connectivity index (χ1n) is 9.99. The summed E-state index contributed by atoms with van der Waals surface area (Å²) in [6.07, 6.45) is 4.03. The zero-order valence-electron chi connectivity index (χ0n) is 16.0. The van der Waals surface area contributed by atoms with E-state index in [1.165, 1.54) is 10.7 Å². The monoisotopic (exact) mass is 409 g/mol. The molecule has 0 radical (unpaired) electrons. The molecule has 0 aromatic heterocycles. The van der Waals surface area contributed by atoms with Crippen molar-refractivity contribution in [3.8, 4) is 11.5 Å². The van der Waals surface area contributed by atoms with Gasteiger partial charge in [0.1, 0.15) is 0 Å². The van der Waals surface area contributed by atoms with Crippen molar-refractivity contribution in [3.05, 3.63) is 18.2 Å². The molecule has 4 rings (SSSR count). The Hall–Kier alpha value is -2.00. The van der Waals surface area contributed by atoms with Crippen molar-refractivity contribution in [3.63, 3.8) is 0 Å². The number of piperidine rings is 1. The molecule has 2 fully saturated rings. The molecule has 1 aromatic carbocycles. The van der Waals surface area contributed by atoms with E-state index >= 15 is 0 Å². The maximum Gasteiger partial charge on any atom is 0.320 e. The third kappa shape index (κ3) is 3.91. The highest BCUT2D eigenvalue weighted by Gasteiger charge is 2.32. The molecule has 0 saturated carbocycles. The van der Waals surface area contributed by atoms with Gasteiger partial charge in [-0.25, -0.2) is 13.2 Å². The molecule has 9 heteroatoms. The minimum absolute atomic E-state index is 0.0346. The Balaban J connectivity index is 1.42. The summed E-state index contributed by atoms with van der Waals surface area (Å²) in [6, 6.07) is 4.80. The van der Waals surface area contributed by atoms with E-state index < -0.39 is 10.0 Å². The van der Waals surface area contributed by atoms with Gasteiger partial charge >= 0.3 is 6.03 Å². The number of piperazine rings is 1. The molecule has 0 unspecified atom stereocenters. The number of hydrogen-bond acceptors (Lipinski definition) is 5. The molecule has 154 valence electrons. The number of nitrogens with zero attached hydrogens (tertiary/aromatic N) is 3. The van der Waals surface area contributed by atoms with Gasteiger partial charge in [0.2, 0.25) is 10.0 Å². The second-order valence-corrected chi connectivity index (χ2v) is 9.32. The number of carbonyl (C=O) groups is 1. The van der Waals surface area contributed by atoms with Crippen LogP contribution in [0.25, 0.3) is 0 Å². The van der Waals surface area contributed by atoms with Gasteiger partial charge in [0.15, 0.2) is 11.5 Å². The molecule has 1 aromatic rings. The van der Waals surface area contributed by atoms with Crippen LogP contribution >= 0.6 is 0 Å². The van der Waals surface area contributed by atoms with Gasteiger partial charge in [-0.1, -0.05) is 0 Å². The molecular weight excluding hydrogens is 382 g/mol. The van der Waals surface area contributed by atoms with E-state index in [0.717, 1.165) is 32.4 Å². The van der Waals surface area contributed by atoms with Gasteiger partial charge in [-0.15, -0.1) is 0 Å². The first-order chi connectivity index (χ1) is 13.6. The number of urea groups is 1. The summed E-state index contributed by atoms with van der Waals surface area (Å²) < 4.78 is 38.8. The van der Waals surface area contributed by atoms with Crippen molar-refractivity contribution in [2.75, 3.05) is 52.5 Å². The molecule has 0 N–H and O–H groups in total. The largest absolute Gasteiger partial charge is 0.490 e. The minimum atomic E-state index is -3.64. The lowest BCUT2D eigenvalue weighted by molar-refractivity contribution is 0.126. The molecule has 0 atom stereocenters. The van der Waals surface area contributed by atoms with Gasteiger partial charge in [-0.05, 0) is 31.4 Å². The number of benzene rings is 1. The zero-order valence-corrected chi connectivity index (χ0v) is 16.8. The van der Waals surface area contributed by atoms with E-state index in [4.69, 9.17) is 9.47 Å². The fourth-order valence-electron chi connectivity index (χ4n) is 3.86. The Labute approximate surface area is 166 Å². The highest BCUT2D eigenvalue weighted by atomic mass is 32.2. The van der Waals surface area contributed by atoms with Gasteiger partial charge in [0.05, 0.1) is 18.1 Å². The van der Waals surface area contributed by atoms with Gasteiger partial charge in [0.25, 0.3) is 0 Å². The number of fused-ring (bicyclic) bond motifs is 1.